The lowest BCUT2D eigenvalue weighted by molar-refractivity contribution is -0.142. The lowest BCUT2D eigenvalue weighted by atomic mass is 10.1. The van der Waals surface area contributed by atoms with Crippen molar-refractivity contribution in [2.24, 2.45) is 5.92 Å². The van der Waals surface area contributed by atoms with Crippen LogP contribution in [0, 0.1) is 5.92 Å². The predicted octanol–water partition coefficient (Wildman–Crippen LogP) is 2.89. The molecule has 1 aromatic heterocycles. The number of halogens is 1. The van der Waals surface area contributed by atoms with Crippen LogP contribution in [-0.4, -0.2) is 45.6 Å². The standard InChI is InChI=1S/C17H20ClN3O4/c1-11(17(23)24)10-21(2)15(22)5-3-4-14-19-16(20-25-14)12-6-8-13(18)9-7-12/h6-9,11H,3-5,10H2,1-2H3,(H,23,24). The summed E-state index contributed by atoms with van der Waals surface area (Å²) < 4.78 is 5.19. The molecule has 1 amide bonds. The van der Waals surface area contributed by atoms with E-state index in [-0.39, 0.29) is 12.5 Å². The molecule has 0 fully saturated rings. The van der Waals surface area contributed by atoms with Gasteiger partial charge in [0.1, 0.15) is 0 Å². The van der Waals surface area contributed by atoms with Gasteiger partial charge in [0.2, 0.25) is 17.6 Å². The summed E-state index contributed by atoms with van der Waals surface area (Å²) >= 11 is 5.84. The van der Waals surface area contributed by atoms with Crippen LogP contribution in [0.3, 0.4) is 0 Å². The first kappa shape index (κ1) is 18.9. The average Bonchev–Trinajstić information content (AvgIpc) is 3.04. The van der Waals surface area contributed by atoms with Crippen molar-refractivity contribution in [2.75, 3.05) is 13.6 Å². The van der Waals surface area contributed by atoms with Crippen LogP contribution in [0.25, 0.3) is 11.4 Å². The minimum absolute atomic E-state index is 0.106. The minimum Gasteiger partial charge on any atom is -0.481 e. The molecule has 2 rings (SSSR count). The van der Waals surface area contributed by atoms with E-state index in [1.165, 1.54) is 4.90 Å². The highest BCUT2D eigenvalue weighted by Crippen LogP contribution is 2.19. The van der Waals surface area contributed by atoms with Crippen LogP contribution in [0.1, 0.15) is 25.7 Å². The van der Waals surface area contributed by atoms with Crippen molar-refractivity contribution in [3.63, 3.8) is 0 Å². The Kier molecular flexibility index (Phi) is 6.52. The fourth-order valence-electron chi connectivity index (χ4n) is 2.25. The van der Waals surface area contributed by atoms with Crippen molar-refractivity contribution in [1.82, 2.24) is 15.0 Å². The topological polar surface area (TPSA) is 96.5 Å². The largest absolute Gasteiger partial charge is 0.481 e. The van der Waals surface area contributed by atoms with Gasteiger partial charge >= 0.3 is 5.97 Å². The summed E-state index contributed by atoms with van der Waals surface area (Å²) in [6.07, 6.45) is 1.32. The Labute approximate surface area is 150 Å². The predicted molar refractivity (Wildman–Crippen MR) is 92.1 cm³/mol. The summed E-state index contributed by atoms with van der Waals surface area (Å²) in [6, 6.07) is 7.11. The van der Waals surface area contributed by atoms with Gasteiger partial charge in [0.25, 0.3) is 0 Å². The van der Waals surface area contributed by atoms with E-state index in [1.807, 2.05) is 0 Å². The smallest absolute Gasteiger partial charge is 0.308 e. The van der Waals surface area contributed by atoms with Crippen LogP contribution in [0.15, 0.2) is 28.8 Å². The molecule has 0 radical (unpaired) electrons. The molecule has 1 aromatic carbocycles. The number of aliphatic carboxylic acids is 1. The summed E-state index contributed by atoms with van der Waals surface area (Å²) in [6.45, 7) is 1.76. The molecule has 1 heterocycles. The molecule has 0 saturated heterocycles. The second-order valence-corrected chi connectivity index (χ2v) is 6.32. The molecule has 0 aliphatic carbocycles. The maximum absolute atomic E-state index is 12.0. The zero-order chi connectivity index (χ0) is 18.4. The second kappa shape index (κ2) is 8.62. The third-order valence-corrected chi connectivity index (χ3v) is 4.00. The molecule has 0 bridgehead atoms. The molecule has 0 aliphatic rings. The van der Waals surface area contributed by atoms with E-state index in [0.717, 1.165) is 5.56 Å². The molecule has 1 unspecified atom stereocenters. The van der Waals surface area contributed by atoms with E-state index in [1.54, 1.807) is 38.2 Å². The first-order valence-corrected chi connectivity index (χ1v) is 8.30. The molecule has 1 N–H and O–H groups in total. The highest BCUT2D eigenvalue weighted by Gasteiger charge is 2.17. The van der Waals surface area contributed by atoms with Crippen molar-refractivity contribution in [3.8, 4) is 11.4 Å². The van der Waals surface area contributed by atoms with Crippen molar-refractivity contribution < 1.29 is 19.2 Å². The molecule has 2 aromatic rings. The summed E-state index contributed by atoms with van der Waals surface area (Å²) in [5.74, 6) is -0.678. The Morgan fingerprint density at radius 2 is 2.00 bits per heavy atom. The van der Waals surface area contributed by atoms with Gasteiger partial charge in [-0.05, 0) is 30.7 Å². The summed E-state index contributed by atoms with van der Waals surface area (Å²) in [5.41, 5.74) is 0.804. The van der Waals surface area contributed by atoms with Crippen molar-refractivity contribution >= 4 is 23.5 Å². The number of rotatable bonds is 8. The van der Waals surface area contributed by atoms with E-state index in [4.69, 9.17) is 21.2 Å². The fraction of sp³-hybridized carbons (Fsp3) is 0.412. The maximum atomic E-state index is 12.0. The number of carbonyl (C=O) groups is 2. The molecule has 134 valence electrons. The first-order chi connectivity index (χ1) is 11.9. The molecule has 0 spiro atoms. The number of hydrogen-bond acceptors (Lipinski definition) is 5. The van der Waals surface area contributed by atoms with Gasteiger partial charge in [0, 0.05) is 37.0 Å². The van der Waals surface area contributed by atoms with Crippen LogP contribution in [0.5, 0.6) is 0 Å². The van der Waals surface area contributed by atoms with E-state index in [9.17, 15) is 9.59 Å². The third-order valence-electron chi connectivity index (χ3n) is 3.75. The van der Waals surface area contributed by atoms with Crippen molar-refractivity contribution in [2.45, 2.75) is 26.2 Å². The van der Waals surface area contributed by atoms with Crippen LogP contribution < -0.4 is 0 Å². The van der Waals surface area contributed by atoms with Crippen LogP contribution in [0.2, 0.25) is 5.02 Å². The SMILES string of the molecule is CC(CN(C)C(=O)CCCc1nc(-c2ccc(Cl)cc2)no1)C(=O)O. The summed E-state index contributed by atoms with van der Waals surface area (Å²) in [5, 5.41) is 13.4. The monoisotopic (exact) mass is 365 g/mol. The summed E-state index contributed by atoms with van der Waals surface area (Å²) in [7, 11) is 1.60. The molecule has 1 atom stereocenters. The number of aromatic nitrogens is 2. The highest BCUT2D eigenvalue weighted by molar-refractivity contribution is 6.30. The number of amides is 1. The number of hydrogen-bond donors (Lipinski definition) is 1. The van der Waals surface area contributed by atoms with Gasteiger partial charge in [-0.1, -0.05) is 23.7 Å². The number of carbonyl (C=O) groups excluding carboxylic acids is 1. The molecular formula is C17H20ClN3O4. The Morgan fingerprint density at radius 1 is 1.32 bits per heavy atom. The number of benzene rings is 1. The molecule has 0 aliphatic heterocycles. The number of nitrogens with zero attached hydrogens (tertiary/aromatic N) is 3. The van der Waals surface area contributed by atoms with Gasteiger partial charge in [-0.25, -0.2) is 0 Å². The Bertz CT molecular complexity index is 730. The number of aryl methyl sites for hydroxylation is 1. The number of carboxylic acids is 1. The van der Waals surface area contributed by atoms with E-state index < -0.39 is 11.9 Å². The van der Waals surface area contributed by atoms with Crippen LogP contribution in [0.4, 0.5) is 0 Å². The van der Waals surface area contributed by atoms with Crippen LogP contribution >= 0.6 is 11.6 Å². The first-order valence-electron chi connectivity index (χ1n) is 7.92. The zero-order valence-electron chi connectivity index (χ0n) is 14.1. The lowest BCUT2D eigenvalue weighted by Gasteiger charge is -2.19. The van der Waals surface area contributed by atoms with Gasteiger partial charge in [-0.2, -0.15) is 4.98 Å². The maximum Gasteiger partial charge on any atom is 0.308 e. The van der Waals surface area contributed by atoms with E-state index >= 15 is 0 Å². The molecular weight excluding hydrogens is 346 g/mol. The zero-order valence-corrected chi connectivity index (χ0v) is 14.9. The molecule has 25 heavy (non-hydrogen) atoms. The average molecular weight is 366 g/mol. The Hall–Kier alpha value is -2.41. The lowest BCUT2D eigenvalue weighted by Crippen LogP contribution is -2.33. The van der Waals surface area contributed by atoms with Gasteiger partial charge in [-0.15, -0.1) is 0 Å². The molecule has 8 heteroatoms. The quantitative estimate of drug-likeness (QED) is 0.772. The van der Waals surface area contributed by atoms with Gasteiger partial charge < -0.3 is 14.5 Å². The highest BCUT2D eigenvalue weighted by atomic mass is 35.5. The van der Waals surface area contributed by atoms with Gasteiger partial charge in [-0.3, -0.25) is 9.59 Å². The molecule has 7 nitrogen and oxygen atoms in total. The van der Waals surface area contributed by atoms with Gasteiger partial charge in [0.05, 0.1) is 5.92 Å². The molecule has 0 saturated carbocycles. The van der Waals surface area contributed by atoms with Crippen LogP contribution in [-0.2, 0) is 16.0 Å². The normalized spacial score (nSPS) is 12.0. The number of carboxylic acid groups (broad SMARTS) is 1. The van der Waals surface area contributed by atoms with Crippen molar-refractivity contribution in [1.29, 1.82) is 0 Å². The van der Waals surface area contributed by atoms with Gasteiger partial charge in [0.15, 0.2) is 0 Å². The third kappa shape index (κ3) is 5.56. The Morgan fingerprint density at radius 3 is 2.64 bits per heavy atom. The second-order valence-electron chi connectivity index (χ2n) is 5.89. The van der Waals surface area contributed by atoms with E-state index in [0.29, 0.717) is 36.0 Å². The van der Waals surface area contributed by atoms with Crippen molar-refractivity contribution in [3.05, 3.63) is 35.2 Å². The Balaban J connectivity index is 1.81. The minimum atomic E-state index is -0.916. The van der Waals surface area contributed by atoms with E-state index in [2.05, 4.69) is 10.1 Å². The summed E-state index contributed by atoms with van der Waals surface area (Å²) in [4.78, 5) is 28.6. The fourth-order valence-corrected chi connectivity index (χ4v) is 2.37.